The minimum atomic E-state index is -4.89. The number of hydrogen-bond donors (Lipinski definition) is 2. The molecular formula is C22H18BrF3N2O5S. The van der Waals surface area contributed by atoms with E-state index in [0.717, 1.165) is 24.3 Å². The molecule has 0 aromatic heterocycles. The maximum atomic E-state index is 12.8. The van der Waals surface area contributed by atoms with Crippen LogP contribution in [0, 0.1) is 0 Å². The van der Waals surface area contributed by atoms with Crippen LogP contribution in [0.4, 0.5) is 24.5 Å². The fourth-order valence-corrected chi connectivity index (χ4v) is 4.34. The molecule has 0 saturated carbocycles. The van der Waals surface area contributed by atoms with Gasteiger partial charge in [-0.1, -0.05) is 28.1 Å². The lowest BCUT2D eigenvalue weighted by atomic mass is 10.1. The molecule has 0 aliphatic heterocycles. The van der Waals surface area contributed by atoms with Crippen molar-refractivity contribution >= 4 is 43.2 Å². The molecule has 7 nitrogen and oxygen atoms in total. The molecule has 0 unspecified atom stereocenters. The highest BCUT2D eigenvalue weighted by atomic mass is 79.9. The van der Waals surface area contributed by atoms with Gasteiger partial charge in [0.1, 0.15) is 11.5 Å². The standard InChI is InChI=1S/C22H18BrF3N2O5S/c1-32-17-4-2-3-14(11-17)12-21(29)27-20-13-15(23)5-10-19(20)28-34(30,31)18-8-6-16(7-9-18)33-22(24,25)26/h2-11,13,28H,12H2,1H3,(H,27,29). The summed E-state index contributed by atoms with van der Waals surface area (Å²) in [5.74, 6) is -0.367. The number of benzene rings is 3. The predicted octanol–water partition coefficient (Wildman–Crippen LogP) is 5.34. The molecule has 34 heavy (non-hydrogen) atoms. The number of nitrogens with one attached hydrogen (secondary N) is 2. The van der Waals surface area contributed by atoms with Crippen molar-refractivity contribution in [3.05, 3.63) is 76.8 Å². The Morgan fingerprint density at radius 2 is 1.68 bits per heavy atom. The average molecular weight is 559 g/mol. The summed E-state index contributed by atoms with van der Waals surface area (Å²) in [4.78, 5) is 12.3. The molecular weight excluding hydrogens is 541 g/mol. The zero-order valence-electron chi connectivity index (χ0n) is 17.5. The molecule has 0 fully saturated rings. The molecule has 0 atom stereocenters. The molecule has 3 aromatic rings. The van der Waals surface area contributed by atoms with Crippen molar-refractivity contribution in [1.29, 1.82) is 0 Å². The number of carbonyl (C=O) groups excluding carboxylic acids is 1. The second-order valence-electron chi connectivity index (χ2n) is 6.89. The smallest absolute Gasteiger partial charge is 0.497 e. The predicted molar refractivity (Wildman–Crippen MR) is 123 cm³/mol. The van der Waals surface area contributed by atoms with Gasteiger partial charge in [-0.25, -0.2) is 8.42 Å². The minimum Gasteiger partial charge on any atom is -0.497 e. The van der Waals surface area contributed by atoms with E-state index in [0.29, 0.717) is 15.8 Å². The number of sulfonamides is 1. The molecule has 180 valence electrons. The van der Waals surface area contributed by atoms with Crippen molar-refractivity contribution < 1.29 is 35.9 Å². The lowest BCUT2D eigenvalue weighted by molar-refractivity contribution is -0.274. The van der Waals surface area contributed by atoms with Crippen molar-refractivity contribution in [3.63, 3.8) is 0 Å². The third-order valence-corrected chi connectivity index (χ3v) is 6.24. The Labute approximate surface area is 202 Å². The van der Waals surface area contributed by atoms with Crippen LogP contribution in [0.5, 0.6) is 11.5 Å². The van der Waals surface area contributed by atoms with Crippen molar-refractivity contribution in [2.75, 3.05) is 17.1 Å². The van der Waals surface area contributed by atoms with Crippen LogP contribution < -0.4 is 19.5 Å². The lowest BCUT2D eigenvalue weighted by Gasteiger charge is -2.15. The second-order valence-corrected chi connectivity index (χ2v) is 9.49. The van der Waals surface area contributed by atoms with E-state index in [1.807, 2.05) is 0 Å². The van der Waals surface area contributed by atoms with Crippen molar-refractivity contribution in [2.45, 2.75) is 17.7 Å². The summed E-state index contributed by atoms with van der Waals surface area (Å²) in [6, 6.07) is 15.2. The number of amides is 1. The largest absolute Gasteiger partial charge is 0.573 e. The number of anilines is 2. The van der Waals surface area contributed by atoms with Gasteiger partial charge in [-0.2, -0.15) is 0 Å². The summed E-state index contributed by atoms with van der Waals surface area (Å²) >= 11 is 3.28. The van der Waals surface area contributed by atoms with Gasteiger partial charge >= 0.3 is 6.36 Å². The Morgan fingerprint density at radius 1 is 0.971 bits per heavy atom. The second kappa shape index (κ2) is 10.3. The Morgan fingerprint density at radius 3 is 2.32 bits per heavy atom. The molecule has 1 amide bonds. The summed E-state index contributed by atoms with van der Waals surface area (Å²) in [6.45, 7) is 0. The average Bonchev–Trinajstić information content (AvgIpc) is 2.75. The number of ether oxygens (including phenoxy) is 2. The van der Waals surface area contributed by atoms with Crippen LogP contribution in [0.25, 0.3) is 0 Å². The number of methoxy groups -OCH3 is 1. The van der Waals surface area contributed by atoms with Crippen LogP contribution in [0.1, 0.15) is 5.56 Å². The van der Waals surface area contributed by atoms with Crippen LogP contribution in [0.2, 0.25) is 0 Å². The molecule has 0 spiro atoms. The first-order chi connectivity index (χ1) is 15.9. The number of hydrogen-bond acceptors (Lipinski definition) is 5. The topological polar surface area (TPSA) is 93.7 Å². The Kier molecular flexibility index (Phi) is 7.72. The van der Waals surface area contributed by atoms with Gasteiger partial charge in [0, 0.05) is 4.47 Å². The molecule has 0 radical (unpaired) electrons. The molecule has 0 aliphatic rings. The SMILES string of the molecule is COc1cccc(CC(=O)Nc2cc(Br)ccc2NS(=O)(=O)c2ccc(OC(F)(F)F)cc2)c1. The zero-order valence-corrected chi connectivity index (χ0v) is 19.9. The van der Waals surface area contributed by atoms with Crippen LogP contribution in [0.15, 0.2) is 76.1 Å². The number of rotatable bonds is 8. The van der Waals surface area contributed by atoms with Crippen LogP contribution >= 0.6 is 15.9 Å². The normalized spacial score (nSPS) is 11.6. The van der Waals surface area contributed by atoms with E-state index in [9.17, 15) is 26.4 Å². The Balaban J connectivity index is 1.78. The summed E-state index contributed by atoms with van der Waals surface area (Å²) in [5.41, 5.74) is 0.941. The van der Waals surface area contributed by atoms with Crippen molar-refractivity contribution in [3.8, 4) is 11.5 Å². The molecule has 3 rings (SSSR count). The van der Waals surface area contributed by atoms with Crippen molar-refractivity contribution in [1.82, 2.24) is 0 Å². The zero-order chi connectivity index (χ0) is 24.9. The van der Waals surface area contributed by atoms with Crippen LogP contribution in [-0.2, 0) is 21.2 Å². The molecule has 12 heteroatoms. The fraction of sp³-hybridized carbons (Fsp3) is 0.136. The highest BCUT2D eigenvalue weighted by molar-refractivity contribution is 9.10. The molecule has 0 heterocycles. The number of alkyl halides is 3. The van der Waals surface area contributed by atoms with Gasteiger partial charge in [-0.15, -0.1) is 13.2 Å². The van der Waals surface area contributed by atoms with E-state index >= 15 is 0 Å². The highest BCUT2D eigenvalue weighted by Gasteiger charge is 2.31. The summed E-state index contributed by atoms with van der Waals surface area (Å²) in [6.07, 6.45) is -4.88. The first-order valence-corrected chi connectivity index (χ1v) is 11.8. The summed E-state index contributed by atoms with van der Waals surface area (Å²) in [7, 11) is -2.67. The third kappa shape index (κ3) is 7.12. The van der Waals surface area contributed by atoms with Crippen molar-refractivity contribution in [2.24, 2.45) is 0 Å². The molecule has 0 saturated heterocycles. The van der Waals surface area contributed by atoms with E-state index in [4.69, 9.17) is 4.74 Å². The molecule has 0 aliphatic carbocycles. The molecule has 0 bridgehead atoms. The van der Waals surface area contributed by atoms with E-state index in [1.54, 1.807) is 30.3 Å². The first kappa shape index (κ1) is 25.4. The first-order valence-electron chi connectivity index (χ1n) is 9.56. The van der Waals surface area contributed by atoms with Gasteiger partial charge in [0.05, 0.1) is 29.8 Å². The minimum absolute atomic E-state index is 0.0105. The molecule has 3 aromatic carbocycles. The summed E-state index contributed by atoms with van der Waals surface area (Å²) in [5, 5.41) is 2.66. The number of halogens is 4. The van der Waals surface area contributed by atoms with Gasteiger partial charge < -0.3 is 14.8 Å². The van der Waals surface area contributed by atoms with Crippen LogP contribution in [-0.4, -0.2) is 27.8 Å². The highest BCUT2D eigenvalue weighted by Crippen LogP contribution is 2.30. The number of carbonyl (C=O) groups is 1. The monoisotopic (exact) mass is 558 g/mol. The maximum Gasteiger partial charge on any atom is 0.573 e. The molecule has 2 N–H and O–H groups in total. The van der Waals surface area contributed by atoms with E-state index in [2.05, 4.69) is 30.7 Å². The van der Waals surface area contributed by atoms with E-state index in [1.165, 1.54) is 19.2 Å². The van der Waals surface area contributed by atoms with Gasteiger partial charge in [-0.05, 0) is 60.2 Å². The van der Waals surface area contributed by atoms with Gasteiger partial charge in [0.25, 0.3) is 10.0 Å². The van der Waals surface area contributed by atoms with Crippen LogP contribution in [0.3, 0.4) is 0 Å². The van der Waals surface area contributed by atoms with Gasteiger partial charge in [0.15, 0.2) is 0 Å². The van der Waals surface area contributed by atoms with Gasteiger partial charge in [-0.3, -0.25) is 9.52 Å². The Hall–Kier alpha value is -3.25. The van der Waals surface area contributed by atoms with Gasteiger partial charge in [0.2, 0.25) is 5.91 Å². The Bertz CT molecular complexity index is 1280. The summed E-state index contributed by atoms with van der Waals surface area (Å²) < 4.78 is 74.3. The fourth-order valence-electron chi connectivity index (χ4n) is 2.90. The quantitative estimate of drug-likeness (QED) is 0.389. The maximum absolute atomic E-state index is 12.8. The van der Waals surface area contributed by atoms with E-state index in [-0.39, 0.29) is 22.7 Å². The van der Waals surface area contributed by atoms with E-state index < -0.39 is 28.0 Å². The lowest BCUT2D eigenvalue weighted by Crippen LogP contribution is -2.19. The third-order valence-electron chi connectivity index (χ3n) is 4.37.